The number of amides is 1. The van der Waals surface area contributed by atoms with Gasteiger partial charge in [0.15, 0.2) is 0 Å². The van der Waals surface area contributed by atoms with Crippen LogP contribution in [-0.4, -0.2) is 48.6 Å². The van der Waals surface area contributed by atoms with Crippen LogP contribution in [0.25, 0.3) is 0 Å². The van der Waals surface area contributed by atoms with E-state index >= 15 is 0 Å². The van der Waals surface area contributed by atoms with E-state index in [1.807, 2.05) is 11.8 Å². The van der Waals surface area contributed by atoms with Crippen molar-refractivity contribution in [1.29, 1.82) is 0 Å². The Morgan fingerprint density at radius 3 is 2.95 bits per heavy atom. The number of halogens is 1. The third kappa shape index (κ3) is 4.25. The van der Waals surface area contributed by atoms with E-state index in [9.17, 15) is 9.18 Å². The lowest BCUT2D eigenvalue weighted by atomic mass is 10.1. The van der Waals surface area contributed by atoms with Gasteiger partial charge in [0.1, 0.15) is 5.82 Å². The van der Waals surface area contributed by atoms with Crippen molar-refractivity contribution in [1.82, 2.24) is 15.2 Å². The van der Waals surface area contributed by atoms with E-state index in [-0.39, 0.29) is 11.9 Å². The number of nitrogens with zero attached hydrogens (tertiary/aromatic N) is 2. The topological polar surface area (TPSA) is 54.5 Å². The van der Waals surface area contributed by atoms with Gasteiger partial charge in [-0.2, -0.15) is 0 Å². The number of pyridine rings is 1. The molecule has 0 bridgehead atoms. The Kier molecular flexibility index (Phi) is 4.81. The van der Waals surface area contributed by atoms with Gasteiger partial charge in [0.2, 0.25) is 5.91 Å². The molecule has 104 valence electrons. The Morgan fingerprint density at radius 1 is 1.53 bits per heavy atom. The SMILES string of the molecule is CC(NC(=O)CN1CCOCC1)c1cncc(F)c1. The molecule has 1 aromatic heterocycles. The molecule has 1 aromatic rings. The normalized spacial score (nSPS) is 18.0. The predicted octanol–water partition coefficient (Wildman–Crippen LogP) is 0.730. The van der Waals surface area contributed by atoms with Gasteiger partial charge in [0.05, 0.1) is 32.0 Å². The Labute approximate surface area is 111 Å². The van der Waals surface area contributed by atoms with E-state index in [4.69, 9.17) is 4.74 Å². The molecule has 5 nitrogen and oxygen atoms in total. The molecule has 0 aromatic carbocycles. The van der Waals surface area contributed by atoms with Gasteiger partial charge >= 0.3 is 0 Å². The molecule has 1 unspecified atom stereocenters. The average Bonchev–Trinajstić information content (AvgIpc) is 2.39. The predicted molar refractivity (Wildman–Crippen MR) is 68.0 cm³/mol. The van der Waals surface area contributed by atoms with Gasteiger partial charge in [-0.15, -0.1) is 0 Å². The zero-order valence-electron chi connectivity index (χ0n) is 10.9. The fourth-order valence-electron chi connectivity index (χ4n) is 2.00. The molecule has 1 atom stereocenters. The van der Waals surface area contributed by atoms with Crippen molar-refractivity contribution in [3.63, 3.8) is 0 Å². The molecule has 2 rings (SSSR count). The van der Waals surface area contributed by atoms with E-state index in [2.05, 4.69) is 10.3 Å². The second-order valence-electron chi connectivity index (χ2n) is 4.61. The molecule has 1 aliphatic heterocycles. The van der Waals surface area contributed by atoms with Crippen LogP contribution in [0.5, 0.6) is 0 Å². The molecule has 2 heterocycles. The van der Waals surface area contributed by atoms with Crippen LogP contribution in [0, 0.1) is 5.82 Å². The highest BCUT2D eigenvalue weighted by atomic mass is 19.1. The minimum absolute atomic E-state index is 0.0707. The summed E-state index contributed by atoms with van der Waals surface area (Å²) in [6, 6.07) is 1.13. The van der Waals surface area contributed by atoms with Crippen LogP contribution in [0.15, 0.2) is 18.5 Å². The molecule has 1 aliphatic rings. The van der Waals surface area contributed by atoms with Crippen molar-refractivity contribution >= 4 is 5.91 Å². The number of hydrogen-bond donors (Lipinski definition) is 1. The molecule has 6 heteroatoms. The molecular formula is C13H18FN3O2. The maximum atomic E-state index is 13.0. The number of nitrogens with one attached hydrogen (secondary N) is 1. The summed E-state index contributed by atoms with van der Waals surface area (Å²) < 4.78 is 18.3. The van der Waals surface area contributed by atoms with E-state index in [1.54, 1.807) is 6.20 Å². The first-order valence-electron chi connectivity index (χ1n) is 6.35. The highest BCUT2D eigenvalue weighted by molar-refractivity contribution is 5.78. The highest BCUT2D eigenvalue weighted by Crippen LogP contribution is 2.11. The zero-order valence-corrected chi connectivity index (χ0v) is 10.9. The number of morpholine rings is 1. The van der Waals surface area contributed by atoms with Crippen LogP contribution < -0.4 is 5.32 Å². The molecule has 1 saturated heterocycles. The largest absolute Gasteiger partial charge is 0.379 e. The molecular weight excluding hydrogens is 249 g/mol. The van der Waals surface area contributed by atoms with E-state index in [0.717, 1.165) is 19.3 Å². The van der Waals surface area contributed by atoms with Crippen LogP contribution >= 0.6 is 0 Å². The van der Waals surface area contributed by atoms with E-state index < -0.39 is 5.82 Å². The number of carbonyl (C=O) groups excluding carboxylic acids is 1. The van der Waals surface area contributed by atoms with Crippen LogP contribution in [0.4, 0.5) is 4.39 Å². The highest BCUT2D eigenvalue weighted by Gasteiger charge is 2.16. The average molecular weight is 267 g/mol. The summed E-state index contributed by atoms with van der Waals surface area (Å²) >= 11 is 0. The Balaban J connectivity index is 1.84. The molecule has 1 amide bonds. The van der Waals surface area contributed by atoms with Gasteiger partial charge in [0, 0.05) is 19.3 Å². The van der Waals surface area contributed by atoms with Crippen LogP contribution in [0.3, 0.4) is 0 Å². The van der Waals surface area contributed by atoms with Crippen molar-refractivity contribution in [2.75, 3.05) is 32.8 Å². The molecule has 0 radical (unpaired) electrons. The van der Waals surface area contributed by atoms with Gasteiger partial charge in [-0.1, -0.05) is 0 Å². The first-order chi connectivity index (χ1) is 9.15. The lowest BCUT2D eigenvalue weighted by Gasteiger charge is -2.26. The summed E-state index contributed by atoms with van der Waals surface area (Å²) in [5.41, 5.74) is 0.662. The molecule has 1 fully saturated rings. The zero-order chi connectivity index (χ0) is 13.7. The summed E-state index contributed by atoms with van der Waals surface area (Å²) in [5.74, 6) is -0.467. The fraction of sp³-hybridized carbons (Fsp3) is 0.538. The van der Waals surface area contributed by atoms with Gasteiger partial charge < -0.3 is 10.1 Å². The number of aromatic nitrogens is 1. The first kappa shape index (κ1) is 13.9. The van der Waals surface area contributed by atoms with Crippen LogP contribution in [0.1, 0.15) is 18.5 Å². The third-order valence-corrected chi connectivity index (χ3v) is 3.07. The molecule has 1 N–H and O–H groups in total. The summed E-state index contributed by atoms with van der Waals surface area (Å²) in [5, 5.41) is 2.84. The molecule has 19 heavy (non-hydrogen) atoms. The minimum atomic E-state index is -0.397. The minimum Gasteiger partial charge on any atom is -0.379 e. The lowest BCUT2D eigenvalue weighted by Crippen LogP contribution is -2.43. The number of rotatable bonds is 4. The van der Waals surface area contributed by atoms with Gasteiger partial charge in [-0.05, 0) is 18.6 Å². The number of ether oxygens (including phenoxy) is 1. The second-order valence-corrected chi connectivity index (χ2v) is 4.61. The smallest absolute Gasteiger partial charge is 0.234 e. The van der Waals surface area contributed by atoms with Crippen molar-refractivity contribution in [3.8, 4) is 0 Å². The lowest BCUT2D eigenvalue weighted by molar-refractivity contribution is -0.123. The summed E-state index contributed by atoms with van der Waals surface area (Å²) in [6.07, 6.45) is 2.70. The number of hydrogen-bond acceptors (Lipinski definition) is 4. The summed E-state index contributed by atoms with van der Waals surface area (Å²) in [6.45, 7) is 5.02. The van der Waals surface area contributed by atoms with Crippen molar-refractivity contribution in [2.45, 2.75) is 13.0 Å². The van der Waals surface area contributed by atoms with Crippen LogP contribution in [-0.2, 0) is 9.53 Å². The quantitative estimate of drug-likeness (QED) is 0.874. The maximum Gasteiger partial charge on any atom is 0.234 e. The second kappa shape index (κ2) is 6.58. The molecule has 0 aliphatic carbocycles. The summed E-state index contributed by atoms with van der Waals surface area (Å²) in [4.78, 5) is 17.7. The van der Waals surface area contributed by atoms with Gasteiger partial charge in [-0.3, -0.25) is 14.7 Å². The Morgan fingerprint density at radius 2 is 2.26 bits per heavy atom. The van der Waals surface area contributed by atoms with Crippen molar-refractivity contribution in [2.24, 2.45) is 0 Å². The monoisotopic (exact) mass is 267 g/mol. The van der Waals surface area contributed by atoms with Gasteiger partial charge in [0.25, 0.3) is 0 Å². The molecule has 0 saturated carbocycles. The van der Waals surface area contributed by atoms with Gasteiger partial charge in [-0.25, -0.2) is 4.39 Å². The standard InChI is InChI=1S/C13H18FN3O2/c1-10(11-6-12(14)8-15-7-11)16-13(18)9-17-2-4-19-5-3-17/h6-8,10H,2-5,9H2,1H3,(H,16,18). The van der Waals surface area contributed by atoms with Crippen molar-refractivity contribution < 1.29 is 13.9 Å². The van der Waals surface area contributed by atoms with E-state index in [1.165, 1.54) is 6.07 Å². The number of carbonyl (C=O) groups is 1. The molecule has 0 spiro atoms. The van der Waals surface area contributed by atoms with Crippen molar-refractivity contribution in [3.05, 3.63) is 29.8 Å². The Bertz CT molecular complexity index is 436. The first-order valence-corrected chi connectivity index (χ1v) is 6.35. The Hall–Kier alpha value is -1.53. The fourth-order valence-corrected chi connectivity index (χ4v) is 2.00. The van der Waals surface area contributed by atoms with Crippen LogP contribution in [0.2, 0.25) is 0 Å². The third-order valence-electron chi connectivity index (χ3n) is 3.07. The maximum absolute atomic E-state index is 13.0. The summed E-state index contributed by atoms with van der Waals surface area (Å²) in [7, 11) is 0. The van der Waals surface area contributed by atoms with E-state index in [0.29, 0.717) is 25.3 Å².